The van der Waals surface area contributed by atoms with E-state index in [1.807, 2.05) is 0 Å². The predicted molar refractivity (Wildman–Crippen MR) is 186 cm³/mol. The summed E-state index contributed by atoms with van der Waals surface area (Å²) in [5.41, 5.74) is 19.6. The molecule has 0 bridgehead atoms. The molecule has 0 radical (unpaired) electrons. The van der Waals surface area contributed by atoms with E-state index in [0.717, 1.165) is 22.8 Å². The first-order valence-corrected chi connectivity index (χ1v) is 16.1. The van der Waals surface area contributed by atoms with Gasteiger partial charge in [0.15, 0.2) is 0 Å². The minimum atomic E-state index is -0.146. The number of rotatable bonds is 2. The lowest BCUT2D eigenvalue weighted by atomic mass is 9.81. The van der Waals surface area contributed by atoms with Gasteiger partial charge in [-0.05, 0) is 68.8 Å². The normalized spacial score (nSPS) is 16.8. The monoisotopic (exact) mass is 580 g/mol. The number of benzene rings is 4. The first-order chi connectivity index (χ1) is 21.6. The summed E-state index contributed by atoms with van der Waals surface area (Å²) in [4.78, 5) is 10.6. The van der Waals surface area contributed by atoms with Gasteiger partial charge in [-0.3, -0.25) is 0 Å². The van der Waals surface area contributed by atoms with Crippen LogP contribution in [-0.4, -0.2) is 9.97 Å². The van der Waals surface area contributed by atoms with Crippen molar-refractivity contribution in [3.05, 3.63) is 143 Å². The van der Waals surface area contributed by atoms with E-state index in [4.69, 9.17) is 9.97 Å². The van der Waals surface area contributed by atoms with Crippen LogP contribution in [0.3, 0.4) is 0 Å². The van der Waals surface area contributed by atoms with E-state index in [0.29, 0.717) is 0 Å². The van der Waals surface area contributed by atoms with Gasteiger partial charge in [0, 0.05) is 38.5 Å². The van der Waals surface area contributed by atoms with Crippen molar-refractivity contribution in [2.45, 2.75) is 57.8 Å². The van der Waals surface area contributed by atoms with Crippen LogP contribution in [0.15, 0.2) is 109 Å². The van der Waals surface area contributed by atoms with Crippen molar-refractivity contribution in [2.75, 3.05) is 0 Å². The Morgan fingerprint density at radius 1 is 0.356 bits per heavy atom. The van der Waals surface area contributed by atoms with Gasteiger partial charge in [0.1, 0.15) is 0 Å². The van der Waals surface area contributed by atoms with E-state index in [9.17, 15) is 0 Å². The summed E-state index contributed by atoms with van der Waals surface area (Å²) >= 11 is 0. The third kappa shape index (κ3) is 3.46. The lowest BCUT2D eigenvalue weighted by molar-refractivity contribution is 0.659. The molecule has 3 aliphatic carbocycles. The van der Waals surface area contributed by atoms with Crippen molar-refractivity contribution in [3.8, 4) is 56.2 Å². The number of aromatic nitrogens is 2. The molecule has 9 rings (SSSR count). The van der Waals surface area contributed by atoms with Gasteiger partial charge in [0.05, 0.1) is 22.8 Å². The third-order valence-electron chi connectivity index (χ3n) is 11.1. The Morgan fingerprint density at radius 3 is 1.20 bits per heavy atom. The lowest BCUT2D eigenvalue weighted by Crippen LogP contribution is -2.15. The molecule has 2 nitrogen and oxygen atoms in total. The van der Waals surface area contributed by atoms with Crippen LogP contribution < -0.4 is 0 Å². The standard InChI is InChI=1S/C43H36N2/c1-41(2)31-13-9-7-11-29(31)39-33(41)19-21-37(44-39)25-15-17-27-28-18-16-26(24-36(28)43(5,6)35(27)23-25)38-22-20-34-40(45-38)30-12-8-10-14-32(30)42(34,3)4/h7-24H,1-6H3. The second-order valence-corrected chi connectivity index (χ2v) is 14.7. The van der Waals surface area contributed by atoms with Gasteiger partial charge in [-0.2, -0.15) is 0 Å². The Balaban J connectivity index is 1.11. The highest BCUT2D eigenvalue weighted by Gasteiger charge is 2.39. The van der Waals surface area contributed by atoms with Gasteiger partial charge in [-0.25, -0.2) is 9.97 Å². The summed E-state index contributed by atoms with van der Waals surface area (Å²) in [5, 5.41) is 0. The summed E-state index contributed by atoms with van der Waals surface area (Å²) in [7, 11) is 0. The molecule has 2 aromatic heterocycles. The molecule has 6 aromatic rings. The van der Waals surface area contributed by atoms with Crippen LogP contribution in [0.1, 0.15) is 74.9 Å². The quantitative estimate of drug-likeness (QED) is 0.204. The van der Waals surface area contributed by atoms with Crippen molar-refractivity contribution < 1.29 is 0 Å². The summed E-state index contributed by atoms with van der Waals surface area (Å²) in [5.74, 6) is 0. The first kappa shape index (κ1) is 26.6. The highest BCUT2D eigenvalue weighted by Crippen LogP contribution is 2.53. The van der Waals surface area contributed by atoms with Gasteiger partial charge in [-0.15, -0.1) is 0 Å². The van der Waals surface area contributed by atoms with Gasteiger partial charge >= 0.3 is 0 Å². The molecule has 0 unspecified atom stereocenters. The molecule has 0 aliphatic heterocycles. The Bertz CT molecular complexity index is 2090. The number of fused-ring (bicyclic) bond motifs is 9. The summed E-state index contributed by atoms with van der Waals surface area (Å²) in [6.07, 6.45) is 0. The maximum atomic E-state index is 5.28. The molecule has 45 heavy (non-hydrogen) atoms. The fourth-order valence-electron chi connectivity index (χ4n) is 8.47. The second kappa shape index (κ2) is 8.67. The molecule has 4 aromatic carbocycles. The van der Waals surface area contributed by atoms with Crippen LogP contribution >= 0.6 is 0 Å². The molecular formula is C43H36N2. The number of nitrogens with zero attached hydrogens (tertiary/aromatic N) is 2. The average Bonchev–Trinajstić information content (AvgIpc) is 3.53. The van der Waals surface area contributed by atoms with Gasteiger partial charge in [-0.1, -0.05) is 126 Å². The first-order valence-electron chi connectivity index (χ1n) is 16.1. The van der Waals surface area contributed by atoms with Crippen LogP contribution in [0.4, 0.5) is 0 Å². The minimum absolute atomic E-state index is 0.0377. The van der Waals surface area contributed by atoms with Crippen molar-refractivity contribution >= 4 is 0 Å². The van der Waals surface area contributed by atoms with E-state index < -0.39 is 0 Å². The molecule has 0 fully saturated rings. The van der Waals surface area contributed by atoms with E-state index in [-0.39, 0.29) is 16.2 Å². The highest BCUT2D eigenvalue weighted by molar-refractivity contribution is 5.87. The molecule has 0 N–H and O–H groups in total. The topological polar surface area (TPSA) is 25.8 Å². The van der Waals surface area contributed by atoms with Crippen molar-refractivity contribution in [1.82, 2.24) is 9.97 Å². The smallest absolute Gasteiger partial charge is 0.0753 e. The maximum Gasteiger partial charge on any atom is 0.0753 e. The molecule has 2 heterocycles. The molecule has 0 saturated heterocycles. The van der Waals surface area contributed by atoms with Crippen molar-refractivity contribution in [3.63, 3.8) is 0 Å². The maximum absolute atomic E-state index is 5.28. The molecule has 0 amide bonds. The minimum Gasteiger partial charge on any atom is -0.247 e. The zero-order valence-corrected chi connectivity index (χ0v) is 26.8. The van der Waals surface area contributed by atoms with Gasteiger partial charge < -0.3 is 0 Å². The average molecular weight is 581 g/mol. The number of hydrogen-bond acceptors (Lipinski definition) is 2. The van der Waals surface area contributed by atoms with Crippen LogP contribution in [0, 0.1) is 0 Å². The largest absolute Gasteiger partial charge is 0.247 e. The van der Waals surface area contributed by atoms with E-state index in [1.165, 1.54) is 66.8 Å². The van der Waals surface area contributed by atoms with Crippen LogP contribution in [0.2, 0.25) is 0 Å². The summed E-state index contributed by atoms with van der Waals surface area (Å²) in [6, 6.07) is 40.3. The zero-order chi connectivity index (χ0) is 30.9. The van der Waals surface area contributed by atoms with Gasteiger partial charge in [0.2, 0.25) is 0 Å². The number of hydrogen-bond donors (Lipinski definition) is 0. The van der Waals surface area contributed by atoms with Crippen LogP contribution in [-0.2, 0) is 16.2 Å². The zero-order valence-electron chi connectivity index (χ0n) is 26.8. The molecule has 2 heteroatoms. The molecule has 218 valence electrons. The summed E-state index contributed by atoms with van der Waals surface area (Å²) in [6.45, 7) is 13.9. The molecule has 0 spiro atoms. The summed E-state index contributed by atoms with van der Waals surface area (Å²) < 4.78 is 0. The van der Waals surface area contributed by atoms with Crippen LogP contribution in [0.25, 0.3) is 56.2 Å². The Kier molecular flexibility index (Phi) is 5.12. The van der Waals surface area contributed by atoms with Crippen LogP contribution in [0.5, 0.6) is 0 Å². The van der Waals surface area contributed by atoms with E-state index in [2.05, 4.69) is 151 Å². The number of pyridine rings is 2. The van der Waals surface area contributed by atoms with Gasteiger partial charge in [0.25, 0.3) is 0 Å². The van der Waals surface area contributed by atoms with E-state index >= 15 is 0 Å². The molecule has 3 aliphatic rings. The van der Waals surface area contributed by atoms with Crippen molar-refractivity contribution in [2.24, 2.45) is 0 Å². The predicted octanol–water partition coefficient (Wildman–Crippen LogP) is 10.7. The second-order valence-electron chi connectivity index (χ2n) is 14.7. The Morgan fingerprint density at radius 2 is 0.756 bits per heavy atom. The lowest BCUT2D eigenvalue weighted by Gasteiger charge is -2.23. The third-order valence-corrected chi connectivity index (χ3v) is 11.1. The SMILES string of the molecule is CC1(C)c2cc(-c3ccc4c(n3)-c3ccccc3C4(C)C)ccc2-c2ccc(-c3ccc4c(n3)-c3ccccc3C4(C)C)cc21. The fraction of sp³-hybridized carbons (Fsp3) is 0.209. The Hall–Kier alpha value is -4.82. The highest BCUT2D eigenvalue weighted by atomic mass is 14.8. The molecule has 0 atom stereocenters. The van der Waals surface area contributed by atoms with Crippen molar-refractivity contribution in [1.29, 1.82) is 0 Å². The fourth-order valence-corrected chi connectivity index (χ4v) is 8.47. The molecular weight excluding hydrogens is 544 g/mol. The van der Waals surface area contributed by atoms with E-state index in [1.54, 1.807) is 0 Å². The molecule has 0 saturated carbocycles. The Labute approximate surface area is 265 Å².